The van der Waals surface area contributed by atoms with Crippen LogP contribution in [0.15, 0.2) is 133 Å². The summed E-state index contributed by atoms with van der Waals surface area (Å²) in [7, 11) is 3.11. The van der Waals surface area contributed by atoms with Crippen molar-refractivity contribution in [3.63, 3.8) is 0 Å². The minimum atomic E-state index is -0.659. The van der Waals surface area contributed by atoms with Crippen LogP contribution in [0.25, 0.3) is 0 Å². The van der Waals surface area contributed by atoms with Crippen molar-refractivity contribution in [2.24, 2.45) is 5.73 Å². The van der Waals surface area contributed by atoms with E-state index in [1.807, 2.05) is 48.5 Å². The second-order valence-corrected chi connectivity index (χ2v) is 15.9. The minimum absolute atomic E-state index is 0. The van der Waals surface area contributed by atoms with E-state index in [4.69, 9.17) is 24.7 Å². The molecule has 21 heteroatoms. The molecule has 0 bridgehead atoms. The molecule has 0 spiro atoms. The number of nitrogens with zero attached hydrogens (tertiary/aromatic N) is 3. The summed E-state index contributed by atoms with van der Waals surface area (Å²) < 4.78 is 50.9. The zero-order valence-corrected chi connectivity index (χ0v) is 42.7. The maximum atomic E-state index is 14.2. The first-order valence-electron chi connectivity index (χ1n) is 22.9. The third kappa shape index (κ3) is 18.3. The van der Waals surface area contributed by atoms with Gasteiger partial charge in [0, 0.05) is 102 Å². The topological polar surface area (TPSA) is 220 Å². The van der Waals surface area contributed by atoms with E-state index in [1.54, 1.807) is 62.8 Å². The molecular weight excluding hydrogens is 1000 g/mol. The summed E-state index contributed by atoms with van der Waals surface area (Å²) in [6.07, 6.45) is 0.262. The molecule has 0 aromatic heterocycles. The van der Waals surface area contributed by atoms with Crippen LogP contribution in [0.4, 0.5) is 31.5 Å². The molecule has 18 nitrogen and oxygen atoms in total. The van der Waals surface area contributed by atoms with Crippen molar-refractivity contribution in [2.45, 2.75) is 53.6 Å². The normalized spacial score (nSPS) is 11.2. The number of imide groups is 1. The molecule has 0 radical (unpaired) electrons. The predicted molar refractivity (Wildman–Crippen MR) is 273 cm³/mol. The SMILES string of the molecule is CC(=O)ON1C(=O)CCC1=O.COc1ccc(NCN)c(CN(C(C)=O)c2cc(F)ccc2Oc2ccccc2)c1.COc1ccc(NCNC(C)=O)c(CN(C(C)=O)c2cc(F)ccc2Oc2ccccc2)c1.[Ar]. The van der Waals surface area contributed by atoms with Crippen molar-refractivity contribution in [2.75, 3.05) is 48.0 Å². The number of anilines is 4. The van der Waals surface area contributed by atoms with Crippen molar-refractivity contribution >= 4 is 58.3 Å². The molecule has 0 atom stereocenters. The average molecular weight is 1060 g/mol. The zero-order valence-electron chi connectivity index (χ0n) is 42.0. The van der Waals surface area contributed by atoms with Gasteiger partial charge < -0.3 is 55.3 Å². The number of para-hydroxylation sites is 2. The van der Waals surface area contributed by atoms with Gasteiger partial charge in [0.1, 0.15) is 34.6 Å². The van der Waals surface area contributed by atoms with Gasteiger partial charge in [0.05, 0.1) is 52.0 Å². The number of amides is 5. The summed E-state index contributed by atoms with van der Waals surface area (Å²) in [5.41, 5.74) is 9.19. The molecule has 1 fully saturated rings. The first-order valence-corrected chi connectivity index (χ1v) is 22.9. The number of nitrogens with two attached hydrogens (primary N) is 1. The van der Waals surface area contributed by atoms with Crippen LogP contribution < -0.4 is 50.4 Å². The molecule has 1 heterocycles. The van der Waals surface area contributed by atoms with Crippen LogP contribution in [-0.2, 0) is 46.7 Å². The van der Waals surface area contributed by atoms with Crippen LogP contribution in [0, 0.1) is 49.4 Å². The van der Waals surface area contributed by atoms with Crippen LogP contribution in [0.1, 0.15) is 51.7 Å². The summed E-state index contributed by atoms with van der Waals surface area (Å²) in [5, 5.41) is 9.38. The van der Waals surface area contributed by atoms with Crippen LogP contribution in [0.3, 0.4) is 0 Å². The second-order valence-electron chi connectivity index (χ2n) is 15.9. The Labute approximate surface area is 462 Å². The molecule has 396 valence electrons. The molecule has 5 amide bonds. The summed E-state index contributed by atoms with van der Waals surface area (Å²) in [6.45, 7) is 6.10. The molecule has 75 heavy (non-hydrogen) atoms. The number of hydrogen-bond acceptors (Lipinski definition) is 14. The van der Waals surface area contributed by atoms with E-state index < -0.39 is 29.4 Å². The smallest absolute Gasteiger partial charge is 0.330 e. The molecule has 0 unspecified atom stereocenters. The Hall–Kier alpha value is -7.78. The fourth-order valence-electron chi connectivity index (χ4n) is 7.04. The Balaban J connectivity index is 0.000000268. The quantitative estimate of drug-likeness (QED) is 0.0467. The summed E-state index contributed by atoms with van der Waals surface area (Å²) >= 11 is 0. The third-order valence-corrected chi connectivity index (χ3v) is 10.5. The van der Waals surface area contributed by atoms with Crippen molar-refractivity contribution in [3.8, 4) is 34.5 Å². The minimum Gasteiger partial charge on any atom is -0.497 e. The zero-order chi connectivity index (χ0) is 53.7. The van der Waals surface area contributed by atoms with Crippen molar-refractivity contribution < 1.29 is 99.1 Å². The number of methoxy groups -OCH3 is 2. The molecule has 6 aromatic rings. The molecule has 1 aliphatic heterocycles. The summed E-state index contributed by atoms with van der Waals surface area (Å²) in [5.74, 6) is -0.178. The van der Waals surface area contributed by atoms with E-state index in [0.717, 1.165) is 18.2 Å². The number of hydrogen-bond donors (Lipinski definition) is 4. The summed E-state index contributed by atoms with van der Waals surface area (Å²) in [4.78, 5) is 75.5. The monoisotopic (exact) mass is 1060 g/mol. The van der Waals surface area contributed by atoms with Gasteiger partial charge in [-0.1, -0.05) is 36.4 Å². The van der Waals surface area contributed by atoms with Gasteiger partial charge in [-0.05, 0) is 96.1 Å². The number of ether oxygens (including phenoxy) is 4. The van der Waals surface area contributed by atoms with E-state index in [0.29, 0.717) is 62.2 Å². The Morgan fingerprint density at radius 2 is 1.01 bits per heavy atom. The number of benzene rings is 6. The predicted octanol–water partition coefficient (Wildman–Crippen LogP) is 8.81. The van der Waals surface area contributed by atoms with Gasteiger partial charge in [0.25, 0.3) is 11.8 Å². The van der Waals surface area contributed by atoms with Crippen LogP contribution in [-0.4, -0.2) is 68.1 Å². The largest absolute Gasteiger partial charge is 0.497 e. The van der Waals surface area contributed by atoms with Crippen molar-refractivity contribution in [3.05, 3.63) is 156 Å². The van der Waals surface area contributed by atoms with Gasteiger partial charge in [-0.2, -0.15) is 0 Å². The molecule has 1 saturated heterocycles. The Bertz CT molecular complexity index is 2900. The molecule has 6 aromatic carbocycles. The third-order valence-electron chi connectivity index (χ3n) is 10.5. The standard InChI is InChI=1S/C25H26FN3O4.C23H24FN3O3.C6H7NO4.Ar/c1-17(30)27-16-28-23-11-10-22(32-3)13-19(23)15-29(18(2)31)24-14-20(26)9-12-25(24)33-21-7-5-4-6-8-21;1-16(28)27(14-17-12-20(29-2)9-10-21(17)26-15-25)22-13-18(24)8-11-23(22)30-19-6-4-3-5-7-19;1-4(8)11-7-5(9)2-3-6(7)10;/h4-14,28H,15-16H2,1-3H3,(H,27,30);3-13,26H,14-15,25H2,1-2H3;2-3H2,1H3;. The number of carbonyl (C=O) groups excluding carboxylic acids is 6. The van der Waals surface area contributed by atoms with Gasteiger partial charge >= 0.3 is 5.97 Å². The first-order chi connectivity index (χ1) is 35.5. The average Bonchev–Trinajstić information content (AvgIpc) is 3.69. The van der Waals surface area contributed by atoms with Gasteiger partial charge in [-0.3, -0.25) is 24.0 Å². The van der Waals surface area contributed by atoms with Gasteiger partial charge in [0.15, 0.2) is 11.5 Å². The molecule has 7 rings (SSSR count). The molecule has 0 aliphatic carbocycles. The number of halogens is 2. The number of hydroxylamine groups is 2. The number of nitrogens with one attached hydrogen (secondary N) is 3. The van der Waals surface area contributed by atoms with Crippen molar-refractivity contribution in [1.82, 2.24) is 10.4 Å². The van der Waals surface area contributed by atoms with Crippen molar-refractivity contribution in [1.29, 1.82) is 0 Å². The van der Waals surface area contributed by atoms with E-state index >= 15 is 0 Å². The van der Waals surface area contributed by atoms with E-state index in [-0.39, 0.29) is 94.7 Å². The maximum Gasteiger partial charge on any atom is 0.330 e. The fraction of sp³-hybridized carbons (Fsp3) is 0.222. The Morgan fingerprint density at radius 1 is 0.587 bits per heavy atom. The van der Waals surface area contributed by atoms with Gasteiger partial charge in [-0.15, -0.1) is 5.06 Å². The second kappa shape index (κ2) is 29.8. The van der Waals surface area contributed by atoms with Gasteiger partial charge in [0.2, 0.25) is 17.7 Å². The molecular formula is C54H57ArF2N7O11. The molecule has 0 saturated carbocycles. The first kappa shape index (κ1) is 59.8. The Kier molecular flexibility index (Phi) is 23.8. The van der Waals surface area contributed by atoms with E-state index in [2.05, 4.69) is 20.8 Å². The number of rotatable bonds is 18. The number of carbonyl (C=O) groups is 6. The molecule has 1 aliphatic rings. The summed E-state index contributed by atoms with van der Waals surface area (Å²) in [6, 6.07) is 37.1. The van der Waals surface area contributed by atoms with E-state index in [1.165, 1.54) is 67.0 Å². The van der Waals surface area contributed by atoms with Crippen LogP contribution >= 0.6 is 0 Å². The van der Waals surface area contributed by atoms with Gasteiger partial charge in [-0.25, -0.2) is 13.6 Å². The van der Waals surface area contributed by atoms with E-state index in [9.17, 15) is 37.5 Å². The maximum absolute atomic E-state index is 14.2. The fourth-order valence-corrected chi connectivity index (χ4v) is 7.04. The Morgan fingerprint density at radius 3 is 1.39 bits per heavy atom. The molecule has 5 N–H and O–H groups in total. The van der Waals surface area contributed by atoms with Crippen LogP contribution in [0.5, 0.6) is 34.5 Å². The van der Waals surface area contributed by atoms with Crippen LogP contribution in [0.2, 0.25) is 0 Å².